The van der Waals surface area contributed by atoms with Crippen molar-refractivity contribution in [2.45, 2.75) is 13.8 Å². The van der Waals surface area contributed by atoms with E-state index in [9.17, 15) is 0 Å². The van der Waals surface area contributed by atoms with Gasteiger partial charge in [0.05, 0.1) is 0 Å². The molecule has 0 aliphatic rings. The fourth-order valence-electron chi connectivity index (χ4n) is 6.03. The molecule has 0 radical (unpaired) electrons. The number of rotatable bonds is 9. The van der Waals surface area contributed by atoms with Gasteiger partial charge in [0.2, 0.25) is 0 Å². The summed E-state index contributed by atoms with van der Waals surface area (Å²) in [6, 6.07) is 64.7. The molecule has 7 aromatic rings. The van der Waals surface area contributed by atoms with Gasteiger partial charge in [-0.25, -0.2) is 0 Å². The van der Waals surface area contributed by atoms with E-state index in [1.807, 2.05) is 0 Å². The van der Waals surface area contributed by atoms with Crippen LogP contribution in [0.2, 0.25) is 0 Å². The minimum atomic E-state index is 1.13. The molecule has 7 aromatic carbocycles. The van der Waals surface area contributed by atoms with Crippen LogP contribution >= 0.6 is 0 Å². The standard InChI is InChI=1S/C46H38N2/c1-35-16-28-43(29-17-35)48(46-15-9-10-36(2)34-46)45-32-26-40(27-33-45)39-24-20-37(21-25-39)18-19-38-22-30-44(31-23-38)47(41-11-5-3-6-12-41)42-13-7-4-8-14-42/h3-34H,1-2H3/b19-18+. The molecular weight excluding hydrogens is 581 g/mol. The molecule has 0 amide bonds. The Morgan fingerprint density at radius 1 is 0.312 bits per heavy atom. The van der Waals surface area contributed by atoms with Crippen LogP contribution in [0.1, 0.15) is 22.3 Å². The number of anilines is 6. The van der Waals surface area contributed by atoms with Gasteiger partial charge in [0, 0.05) is 34.1 Å². The molecule has 0 saturated carbocycles. The molecule has 48 heavy (non-hydrogen) atoms. The zero-order valence-electron chi connectivity index (χ0n) is 27.4. The number of aryl methyl sites for hydroxylation is 2. The third-order valence-corrected chi connectivity index (χ3v) is 8.57. The highest BCUT2D eigenvalue weighted by molar-refractivity contribution is 5.80. The second-order valence-corrected chi connectivity index (χ2v) is 12.1. The van der Waals surface area contributed by atoms with Crippen molar-refractivity contribution in [3.05, 3.63) is 204 Å². The summed E-state index contributed by atoms with van der Waals surface area (Å²) in [7, 11) is 0. The highest BCUT2D eigenvalue weighted by Gasteiger charge is 2.13. The zero-order chi connectivity index (χ0) is 32.7. The molecule has 2 nitrogen and oxygen atoms in total. The Labute approximate surface area is 284 Å². The summed E-state index contributed by atoms with van der Waals surface area (Å²) in [6.45, 7) is 4.27. The van der Waals surface area contributed by atoms with Gasteiger partial charge in [-0.1, -0.05) is 127 Å². The van der Waals surface area contributed by atoms with Crippen LogP contribution in [0.25, 0.3) is 23.3 Å². The zero-order valence-corrected chi connectivity index (χ0v) is 27.4. The third kappa shape index (κ3) is 6.99. The van der Waals surface area contributed by atoms with Gasteiger partial charge >= 0.3 is 0 Å². The van der Waals surface area contributed by atoms with Crippen LogP contribution in [0.5, 0.6) is 0 Å². The molecule has 7 rings (SSSR count). The Balaban J connectivity index is 1.07. The average Bonchev–Trinajstić information content (AvgIpc) is 3.14. The fraction of sp³-hybridized carbons (Fsp3) is 0.0435. The number of hydrogen-bond donors (Lipinski definition) is 0. The highest BCUT2D eigenvalue weighted by Crippen LogP contribution is 2.37. The van der Waals surface area contributed by atoms with Gasteiger partial charge in [0.25, 0.3) is 0 Å². The Hall–Kier alpha value is -6.12. The molecule has 0 spiro atoms. The lowest BCUT2D eigenvalue weighted by atomic mass is 10.0. The molecule has 2 heteroatoms. The van der Waals surface area contributed by atoms with Gasteiger partial charge in [0.15, 0.2) is 0 Å². The fourth-order valence-corrected chi connectivity index (χ4v) is 6.03. The molecule has 0 aromatic heterocycles. The molecule has 0 bridgehead atoms. The molecule has 0 aliphatic heterocycles. The number of para-hydroxylation sites is 2. The highest BCUT2D eigenvalue weighted by atomic mass is 15.1. The van der Waals surface area contributed by atoms with Gasteiger partial charge in [0.1, 0.15) is 0 Å². The first-order valence-electron chi connectivity index (χ1n) is 16.4. The van der Waals surface area contributed by atoms with Gasteiger partial charge in [-0.05, 0) is 114 Å². The Morgan fingerprint density at radius 3 is 1.19 bits per heavy atom. The van der Waals surface area contributed by atoms with Gasteiger partial charge in [-0.3, -0.25) is 0 Å². The van der Waals surface area contributed by atoms with E-state index in [4.69, 9.17) is 0 Å². The summed E-state index contributed by atoms with van der Waals surface area (Å²) in [6.07, 6.45) is 4.35. The summed E-state index contributed by atoms with van der Waals surface area (Å²) in [5.41, 5.74) is 14.0. The van der Waals surface area contributed by atoms with Crippen molar-refractivity contribution in [1.82, 2.24) is 0 Å². The van der Waals surface area contributed by atoms with Crippen LogP contribution in [0.3, 0.4) is 0 Å². The molecule has 0 unspecified atom stereocenters. The first-order chi connectivity index (χ1) is 23.6. The van der Waals surface area contributed by atoms with E-state index < -0.39 is 0 Å². The van der Waals surface area contributed by atoms with E-state index in [-0.39, 0.29) is 0 Å². The predicted molar refractivity (Wildman–Crippen MR) is 206 cm³/mol. The summed E-state index contributed by atoms with van der Waals surface area (Å²) in [5, 5.41) is 0. The molecule has 232 valence electrons. The number of nitrogens with zero attached hydrogens (tertiary/aromatic N) is 2. The molecular formula is C46H38N2. The topological polar surface area (TPSA) is 6.48 Å². The summed E-state index contributed by atoms with van der Waals surface area (Å²) >= 11 is 0. The van der Waals surface area contributed by atoms with Crippen molar-refractivity contribution in [3.8, 4) is 11.1 Å². The quantitative estimate of drug-likeness (QED) is 0.149. The molecule has 0 fully saturated rings. The minimum Gasteiger partial charge on any atom is -0.311 e. The van der Waals surface area contributed by atoms with E-state index >= 15 is 0 Å². The average molecular weight is 619 g/mol. The minimum absolute atomic E-state index is 1.13. The molecule has 0 atom stereocenters. The van der Waals surface area contributed by atoms with Crippen LogP contribution in [0.15, 0.2) is 182 Å². The van der Waals surface area contributed by atoms with Crippen LogP contribution in [-0.4, -0.2) is 0 Å². The number of benzene rings is 7. The van der Waals surface area contributed by atoms with Gasteiger partial charge in [-0.2, -0.15) is 0 Å². The normalized spacial score (nSPS) is 11.0. The van der Waals surface area contributed by atoms with Crippen LogP contribution in [-0.2, 0) is 0 Å². The Kier molecular flexibility index (Phi) is 8.97. The van der Waals surface area contributed by atoms with Crippen molar-refractivity contribution in [2.24, 2.45) is 0 Å². The van der Waals surface area contributed by atoms with Gasteiger partial charge in [-0.15, -0.1) is 0 Å². The van der Waals surface area contributed by atoms with E-state index in [2.05, 4.69) is 218 Å². The monoisotopic (exact) mass is 618 g/mol. The summed E-state index contributed by atoms with van der Waals surface area (Å²) in [4.78, 5) is 4.60. The molecule has 0 heterocycles. The van der Waals surface area contributed by atoms with Crippen molar-refractivity contribution in [2.75, 3.05) is 9.80 Å². The van der Waals surface area contributed by atoms with E-state index in [1.54, 1.807) is 0 Å². The second-order valence-electron chi connectivity index (χ2n) is 12.1. The molecule has 0 N–H and O–H groups in total. The Morgan fingerprint density at radius 2 is 0.688 bits per heavy atom. The van der Waals surface area contributed by atoms with Crippen molar-refractivity contribution < 1.29 is 0 Å². The van der Waals surface area contributed by atoms with Crippen molar-refractivity contribution >= 4 is 46.3 Å². The lowest BCUT2D eigenvalue weighted by Crippen LogP contribution is -2.10. The van der Waals surface area contributed by atoms with E-state index in [1.165, 1.54) is 27.8 Å². The summed E-state index contributed by atoms with van der Waals surface area (Å²) in [5.74, 6) is 0. The maximum Gasteiger partial charge on any atom is 0.0464 e. The van der Waals surface area contributed by atoms with Gasteiger partial charge < -0.3 is 9.80 Å². The molecule has 0 aliphatic carbocycles. The smallest absolute Gasteiger partial charge is 0.0464 e. The van der Waals surface area contributed by atoms with Crippen molar-refractivity contribution in [3.63, 3.8) is 0 Å². The summed E-state index contributed by atoms with van der Waals surface area (Å²) < 4.78 is 0. The van der Waals surface area contributed by atoms with Crippen LogP contribution < -0.4 is 9.80 Å². The van der Waals surface area contributed by atoms with E-state index in [0.717, 1.165) is 39.7 Å². The second kappa shape index (κ2) is 14.1. The lowest BCUT2D eigenvalue weighted by Gasteiger charge is -2.26. The Bertz CT molecular complexity index is 2060. The van der Waals surface area contributed by atoms with Crippen LogP contribution in [0.4, 0.5) is 34.1 Å². The number of hydrogen-bond acceptors (Lipinski definition) is 2. The third-order valence-electron chi connectivity index (χ3n) is 8.57. The molecule has 0 saturated heterocycles. The predicted octanol–water partition coefficient (Wildman–Crippen LogP) is 13.1. The first kappa shape index (κ1) is 30.5. The first-order valence-corrected chi connectivity index (χ1v) is 16.4. The van der Waals surface area contributed by atoms with E-state index in [0.29, 0.717) is 0 Å². The van der Waals surface area contributed by atoms with Crippen LogP contribution in [0, 0.1) is 13.8 Å². The SMILES string of the molecule is Cc1ccc(N(c2ccc(-c3ccc(/C=C/c4ccc(N(c5ccccc5)c5ccccc5)cc4)cc3)cc2)c2cccc(C)c2)cc1. The largest absolute Gasteiger partial charge is 0.311 e. The maximum absolute atomic E-state index is 2.32. The van der Waals surface area contributed by atoms with Crippen molar-refractivity contribution in [1.29, 1.82) is 0 Å². The lowest BCUT2D eigenvalue weighted by molar-refractivity contribution is 1.26. The maximum atomic E-state index is 2.32.